The number of aliphatic hydroxyl groups excluding tert-OH is 1. The number of anilines is 2. The van der Waals surface area contributed by atoms with E-state index in [2.05, 4.69) is 5.32 Å². The largest absolute Gasteiger partial charge is 0.399 e. The Morgan fingerprint density at radius 2 is 2.00 bits per heavy atom. The van der Waals surface area contributed by atoms with Gasteiger partial charge in [-0.1, -0.05) is 0 Å². The Hall–Kier alpha value is -1.29. The van der Waals surface area contributed by atoms with Gasteiger partial charge in [-0.25, -0.2) is 4.39 Å². The van der Waals surface area contributed by atoms with Crippen molar-refractivity contribution in [2.75, 3.05) is 17.6 Å². The first kappa shape index (κ1) is 12.2. The van der Waals surface area contributed by atoms with Crippen molar-refractivity contribution >= 4 is 11.4 Å². The van der Waals surface area contributed by atoms with Crippen LogP contribution in [0.2, 0.25) is 0 Å². The molecule has 0 aromatic heterocycles. The van der Waals surface area contributed by atoms with Crippen molar-refractivity contribution < 1.29 is 9.50 Å². The van der Waals surface area contributed by atoms with Crippen molar-refractivity contribution in [1.29, 1.82) is 0 Å². The quantitative estimate of drug-likeness (QED) is 0.708. The molecule has 1 fully saturated rings. The van der Waals surface area contributed by atoms with Gasteiger partial charge in [0.25, 0.3) is 0 Å². The van der Waals surface area contributed by atoms with Gasteiger partial charge in [-0.3, -0.25) is 0 Å². The van der Waals surface area contributed by atoms with Crippen LogP contribution in [-0.2, 0) is 0 Å². The van der Waals surface area contributed by atoms with Gasteiger partial charge in [0.2, 0.25) is 0 Å². The molecule has 3 nitrogen and oxygen atoms in total. The third-order valence-electron chi connectivity index (χ3n) is 3.39. The highest BCUT2D eigenvalue weighted by molar-refractivity contribution is 5.52. The summed E-state index contributed by atoms with van der Waals surface area (Å²) in [5.41, 5.74) is 6.43. The zero-order valence-electron chi connectivity index (χ0n) is 9.82. The fourth-order valence-electron chi connectivity index (χ4n) is 2.28. The van der Waals surface area contributed by atoms with Crippen LogP contribution in [0.15, 0.2) is 18.2 Å². The zero-order valence-corrected chi connectivity index (χ0v) is 9.82. The number of nitrogens with two attached hydrogens (primary N) is 1. The highest BCUT2D eigenvalue weighted by Gasteiger charge is 2.19. The molecule has 0 atom stereocenters. The Labute approximate surface area is 101 Å². The summed E-state index contributed by atoms with van der Waals surface area (Å²) in [4.78, 5) is 0. The molecule has 0 bridgehead atoms. The van der Waals surface area contributed by atoms with Crippen LogP contribution in [0.4, 0.5) is 15.8 Å². The van der Waals surface area contributed by atoms with Gasteiger partial charge in [0.1, 0.15) is 5.82 Å². The molecule has 4 heteroatoms. The standard InChI is InChI=1S/C13H19FN2O/c14-12-7-10(15)3-6-13(12)16-8-9-1-4-11(17)5-2-9/h3,6-7,9,11,16-17H,1-2,4-5,8,15H2. The van der Waals surface area contributed by atoms with Crippen molar-refractivity contribution in [3.05, 3.63) is 24.0 Å². The first-order chi connectivity index (χ1) is 8.15. The summed E-state index contributed by atoms with van der Waals surface area (Å²) in [5.74, 6) is 0.219. The summed E-state index contributed by atoms with van der Waals surface area (Å²) >= 11 is 0. The van der Waals surface area contributed by atoms with Gasteiger partial charge in [-0.05, 0) is 49.8 Å². The molecule has 1 saturated carbocycles. The Balaban J connectivity index is 1.85. The number of nitrogens with one attached hydrogen (secondary N) is 1. The molecule has 0 amide bonds. The minimum absolute atomic E-state index is 0.139. The molecule has 17 heavy (non-hydrogen) atoms. The lowest BCUT2D eigenvalue weighted by Gasteiger charge is -2.25. The molecule has 4 N–H and O–H groups in total. The van der Waals surface area contributed by atoms with E-state index in [1.54, 1.807) is 12.1 Å². The normalized spacial score (nSPS) is 24.6. The summed E-state index contributed by atoms with van der Waals surface area (Å²) in [6.07, 6.45) is 3.59. The minimum atomic E-state index is -0.305. The molecule has 0 saturated heterocycles. The molecule has 0 radical (unpaired) electrons. The fraction of sp³-hybridized carbons (Fsp3) is 0.538. The van der Waals surface area contributed by atoms with E-state index >= 15 is 0 Å². The Morgan fingerprint density at radius 3 is 2.65 bits per heavy atom. The van der Waals surface area contributed by atoms with Gasteiger partial charge in [0.15, 0.2) is 0 Å². The Bertz CT molecular complexity index is 376. The van der Waals surface area contributed by atoms with E-state index in [0.29, 0.717) is 17.3 Å². The van der Waals surface area contributed by atoms with Gasteiger partial charge in [-0.2, -0.15) is 0 Å². The number of nitrogen functional groups attached to an aromatic ring is 1. The van der Waals surface area contributed by atoms with Gasteiger partial charge in [0.05, 0.1) is 11.8 Å². The van der Waals surface area contributed by atoms with Crippen LogP contribution in [0, 0.1) is 11.7 Å². The van der Waals surface area contributed by atoms with Gasteiger partial charge >= 0.3 is 0 Å². The maximum absolute atomic E-state index is 13.5. The monoisotopic (exact) mass is 238 g/mol. The van der Waals surface area contributed by atoms with Crippen molar-refractivity contribution in [2.24, 2.45) is 5.92 Å². The summed E-state index contributed by atoms with van der Waals surface area (Å²) in [7, 11) is 0. The van der Waals surface area contributed by atoms with Gasteiger partial charge in [-0.15, -0.1) is 0 Å². The second kappa shape index (κ2) is 5.36. The van der Waals surface area contributed by atoms with Gasteiger partial charge in [0, 0.05) is 12.2 Å². The van der Waals surface area contributed by atoms with Crippen LogP contribution in [0.1, 0.15) is 25.7 Å². The van der Waals surface area contributed by atoms with E-state index in [-0.39, 0.29) is 11.9 Å². The van der Waals surface area contributed by atoms with Crippen molar-refractivity contribution in [1.82, 2.24) is 0 Å². The maximum Gasteiger partial charge on any atom is 0.148 e. The van der Waals surface area contributed by atoms with E-state index in [1.165, 1.54) is 6.07 Å². The lowest BCUT2D eigenvalue weighted by molar-refractivity contribution is 0.111. The van der Waals surface area contributed by atoms with Crippen LogP contribution in [0.3, 0.4) is 0 Å². The zero-order chi connectivity index (χ0) is 12.3. The second-order valence-corrected chi connectivity index (χ2v) is 4.79. The summed E-state index contributed by atoms with van der Waals surface area (Å²) in [6, 6.07) is 4.69. The summed E-state index contributed by atoms with van der Waals surface area (Å²) < 4.78 is 13.5. The maximum atomic E-state index is 13.5. The first-order valence-corrected chi connectivity index (χ1v) is 6.12. The molecule has 1 aliphatic carbocycles. The number of aliphatic hydroxyl groups is 1. The SMILES string of the molecule is Nc1ccc(NCC2CCC(O)CC2)c(F)c1. The molecule has 0 heterocycles. The predicted octanol–water partition coefficient (Wildman–Crippen LogP) is 2.37. The summed E-state index contributed by atoms with van der Waals surface area (Å²) in [5, 5.41) is 12.5. The van der Waals surface area contributed by atoms with E-state index in [4.69, 9.17) is 5.73 Å². The smallest absolute Gasteiger partial charge is 0.148 e. The lowest BCUT2D eigenvalue weighted by atomic mass is 9.87. The van der Waals surface area contributed by atoms with Crippen LogP contribution in [0.25, 0.3) is 0 Å². The number of benzene rings is 1. The van der Waals surface area contributed by atoms with Crippen molar-refractivity contribution in [3.63, 3.8) is 0 Å². The number of halogens is 1. The summed E-state index contributed by atoms with van der Waals surface area (Å²) in [6.45, 7) is 0.757. The van der Waals surface area contributed by atoms with Crippen molar-refractivity contribution in [3.8, 4) is 0 Å². The Morgan fingerprint density at radius 1 is 1.29 bits per heavy atom. The average Bonchev–Trinajstić information content (AvgIpc) is 2.30. The van der Waals surface area contributed by atoms with Crippen LogP contribution in [-0.4, -0.2) is 17.8 Å². The molecule has 0 aliphatic heterocycles. The molecule has 0 spiro atoms. The molecule has 1 aromatic carbocycles. The number of rotatable bonds is 3. The third-order valence-corrected chi connectivity index (χ3v) is 3.39. The average molecular weight is 238 g/mol. The predicted molar refractivity (Wildman–Crippen MR) is 67.3 cm³/mol. The van der Waals surface area contributed by atoms with Crippen molar-refractivity contribution in [2.45, 2.75) is 31.8 Å². The van der Waals surface area contributed by atoms with E-state index < -0.39 is 0 Å². The highest BCUT2D eigenvalue weighted by atomic mass is 19.1. The molecule has 2 rings (SSSR count). The van der Waals surface area contributed by atoms with E-state index in [0.717, 1.165) is 32.2 Å². The second-order valence-electron chi connectivity index (χ2n) is 4.79. The van der Waals surface area contributed by atoms with Crippen LogP contribution < -0.4 is 11.1 Å². The van der Waals surface area contributed by atoms with E-state index in [9.17, 15) is 9.50 Å². The topological polar surface area (TPSA) is 58.3 Å². The number of hydrogen-bond acceptors (Lipinski definition) is 3. The third kappa shape index (κ3) is 3.33. The lowest BCUT2D eigenvalue weighted by Crippen LogP contribution is -2.23. The molecular formula is C13H19FN2O. The minimum Gasteiger partial charge on any atom is -0.399 e. The first-order valence-electron chi connectivity index (χ1n) is 6.12. The van der Waals surface area contributed by atoms with Crippen LogP contribution >= 0.6 is 0 Å². The molecule has 0 unspecified atom stereocenters. The molecule has 1 aliphatic rings. The van der Waals surface area contributed by atoms with Gasteiger partial charge < -0.3 is 16.2 Å². The molecule has 94 valence electrons. The Kier molecular flexibility index (Phi) is 3.84. The molecule has 1 aromatic rings. The highest BCUT2D eigenvalue weighted by Crippen LogP contribution is 2.25. The van der Waals surface area contributed by atoms with E-state index in [1.807, 2.05) is 0 Å². The fourth-order valence-corrected chi connectivity index (χ4v) is 2.28. The van der Waals surface area contributed by atoms with Crippen LogP contribution in [0.5, 0.6) is 0 Å². The number of hydrogen-bond donors (Lipinski definition) is 3. The molecular weight excluding hydrogens is 219 g/mol.